The van der Waals surface area contributed by atoms with Gasteiger partial charge in [0.1, 0.15) is 17.3 Å². The Morgan fingerprint density at radius 1 is 1.15 bits per heavy atom. The van der Waals surface area contributed by atoms with Gasteiger partial charge in [0.05, 0.1) is 24.7 Å². The Kier molecular flexibility index (Phi) is 6.76. The van der Waals surface area contributed by atoms with E-state index in [4.69, 9.17) is 9.47 Å². The molecule has 2 N–H and O–H groups in total. The number of carboxylic acid groups (broad SMARTS) is 1. The van der Waals surface area contributed by atoms with Crippen LogP contribution in [-0.2, 0) is 4.79 Å². The molecule has 0 bridgehead atoms. The van der Waals surface area contributed by atoms with Gasteiger partial charge in [-0.25, -0.2) is 4.39 Å². The first kappa shape index (κ1) is 20.2. The molecule has 2 rings (SSSR count). The number of carbonyl (C=O) groups excluding carboxylic acids is 1. The molecule has 144 valence electrons. The van der Waals surface area contributed by atoms with Crippen molar-refractivity contribution in [2.75, 3.05) is 13.7 Å². The van der Waals surface area contributed by atoms with E-state index in [9.17, 15) is 19.1 Å². The number of hydrogen-bond donors (Lipinski definition) is 2. The third kappa shape index (κ3) is 5.44. The summed E-state index contributed by atoms with van der Waals surface area (Å²) in [5.74, 6) is -2.16. The number of aliphatic carboxylic acids is 1. The Balaban J connectivity index is 2.18. The number of ether oxygens (including phenoxy) is 2. The molecule has 0 radical (unpaired) electrons. The lowest BCUT2D eigenvalue weighted by molar-refractivity contribution is -0.138. The summed E-state index contributed by atoms with van der Waals surface area (Å²) in [4.78, 5) is 24.1. The highest BCUT2D eigenvalue weighted by Crippen LogP contribution is 2.26. The van der Waals surface area contributed by atoms with Crippen LogP contribution < -0.4 is 14.8 Å². The predicted octanol–water partition coefficient (Wildman–Crippen LogP) is 3.22. The zero-order valence-corrected chi connectivity index (χ0v) is 15.4. The molecule has 27 heavy (non-hydrogen) atoms. The van der Waals surface area contributed by atoms with Crippen molar-refractivity contribution in [1.82, 2.24) is 5.32 Å². The molecule has 0 fully saturated rings. The first-order chi connectivity index (χ1) is 12.8. The smallest absolute Gasteiger partial charge is 0.312 e. The fourth-order valence-electron chi connectivity index (χ4n) is 2.50. The van der Waals surface area contributed by atoms with Crippen molar-refractivity contribution in [3.8, 4) is 11.5 Å². The van der Waals surface area contributed by atoms with Crippen LogP contribution in [0.4, 0.5) is 4.39 Å². The Morgan fingerprint density at radius 2 is 1.81 bits per heavy atom. The predicted molar refractivity (Wildman–Crippen MR) is 97.9 cm³/mol. The van der Waals surface area contributed by atoms with Crippen LogP contribution in [-0.4, -0.2) is 36.7 Å². The van der Waals surface area contributed by atoms with E-state index in [0.717, 1.165) is 0 Å². The average Bonchev–Trinajstić information content (AvgIpc) is 2.62. The van der Waals surface area contributed by atoms with Crippen molar-refractivity contribution < 1.29 is 28.6 Å². The van der Waals surface area contributed by atoms with Crippen LogP contribution in [0.1, 0.15) is 35.7 Å². The topological polar surface area (TPSA) is 84.9 Å². The Bertz CT molecular complexity index is 805. The molecule has 0 aliphatic rings. The summed E-state index contributed by atoms with van der Waals surface area (Å²) >= 11 is 0. The van der Waals surface area contributed by atoms with Gasteiger partial charge in [0.2, 0.25) is 0 Å². The lowest BCUT2D eigenvalue weighted by Crippen LogP contribution is -2.32. The minimum absolute atomic E-state index is 0.146. The van der Waals surface area contributed by atoms with Crippen LogP contribution in [0.25, 0.3) is 0 Å². The normalized spacial score (nSPS) is 11.7. The molecule has 7 heteroatoms. The van der Waals surface area contributed by atoms with Gasteiger partial charge in [-0.15, -0.1) is 0 Å². The highest BCUT2D eigenvalue weighted by molar-refractivity contribution is 5.97. The van der Waals surface area contributed by atoms with Gasteiger partial charge in [0.15, 0.2) is 0 Å². The largest absolute Gasteiger partial charge is 0.497 e. The van der Waals surface area contributed by atoms with Crippen LogP contribution in [0.2, 0.25) is 0 Å². The van der Waals surface area contributed by atoms with Gasteiger partial charge >= 0.3 is 5.97 Å². The second-order valence-electron chi connectivity index (χ2n) is 6.18. The fraction of sp³-hybridized carbons (Fsp3) is 0.300. The molecule has 0 spiro atoms. The number of carboxylic acids is 1. The zero-order valence-electron chi connectivity index (χ0n) is 15.4. The monoisotopic (exact) mass is 375 g/mol. The van der Waals surface area contributed by atoms with E-state index in [2.05, 4.69) is 5.32 Å². The Morgan fingerprint density at radius 3 is 2.37 bits per heavy atom. The van der Waals surface area contributed by atoms with Gasteiger partial charge in [-0.1, -0.05) is 12.1 Å². The molecule has 0 heterocycles. The number of nitrogens with one attached hydrogen (secondary N) is 1. The van der Waals surface area contributed by atoms with E-state index in [0.29, 0.717) is 17.1 Å². The summed E-state index contributed by atoms with van der Waals surface area (Å²) in [5, 5.41) is 12.0. The molecule has 1 atom stereocenters. The minimum atomic E-state index is -1.12. The summed E-state index contributed by atoms with van der Waals surface area (Å²) in [6.07, 6.45) is -0.158. The number of carbonyl (C=O) groups is 2. The van der Waals surface area contributed by atoms with Crippen molar-refractivity contribution in [1.29, 1.82) is 0 Å². The van der Waals surface area contributed by atoms with Gasteiger partial charge in [-0.3, -0.25) is 9.59 Å². The van der Waals surface area contributed by atoms with E-state index in [-0.39, 0.29) is 18.2 Å². The van der Waals surface area contributed by atoms with Gasteiger partial charge < -0.3 is 19.9 Å². The molecule has 0 saturated carbocycles. The first-order valence-electron chi connectivity index (χ1n) is 8.43. The third-order valence-corrected chi connectivity index (χ3v) is 3.83. The van der Waals surface area contributed by atoms with Crippen molar-refractivity contribution in [2.24, 2.45) is 0 Å². The molecule has 0 aliphatic carbocycles. The van der Waals surface area contributed by atoms with E-state index in [1.165, 1.54) is 31.4 Å². The quantitative estimate of drug-likeness (QED) is 0.740. The molecule has 6 nitrogen and oxygen atoms in total. The molecule has 2 aromatic rings. The number of methoxy groups -OCH3 is 1. The number of hydrogen-bond acceptors (Lipinski definition) is 4. The summed E-state index contributed by atoms with van der Waals surface area (Å²) in [6.45, 7) is 3.51. The van der Waals surface area contributed by atoms with E-state index >= 15 is 0 Å². The zero-order chi connectivity index (χ0) is 20.0. The van der Waals surface area contributed by atoms with Crippen molar-refractivity contribution in [3.05, 3.63) is 59.4 Å². The Hall–Kier alpha value is -3.09. The van der Waals surface area contributed by atoms with Gasteiger partial charge in [0, 0.05) is 12.6 Å². The van der Waals surface area contributed by atoms with Gasteiger partial charge in [-0.2, -0.15) is 0 Å². The van der Waals surface area contributed by atoms with Crippen molar-refractivity contribution >= 4 is 11.9 Å². The lowest BCUT2D eigenvalue weighted by Gasteiger charge is -2.17. The molecule has 2 aromatic carbocycles. The molecular formula is C20H22FNO5. The van der Waals surface area contributed by atoms with E-state index in [1.807, 2.05) is 13.8 Å². The number of halogens is 1. The standard InChI is InChI=1S/C20H22FNO5/c1-12(2)27-18-10-15(26-3)8-9-16(18)19(23)22-11-17(20(24)25)13-4-6-14(21)7-5-13/h4-10,12,17H,11H2,1-3H3,(H,22,23)(H,24,25). The third-order valence-electron chi connectivity index (χ3n) is 3.83. The minimum Gasteiger partial charge on any atom is -0.497 e. The van der Waals surface area contributed by atoms with Crippen LogP contribution in [0.15, 0.2) is 42.5 Å². The van der Waals surface area contributed by atoms with Gasteiger partial charge in [0.25, 0.3) is 5.91 Å². The maximum Gasteiger partial charge on any atom is 0.312 e. The number of amides is 1. The van der Waals surface area contributed by atoms with Crippen LogP contribution in [0.3, 0.4) is 0 Å². The lowest BCUT2D eigenvalue weighted by atomic mass is 9.99. The maximum absolute atomic E-state index is 13.1. The van der Waals surface area contributed by atoms with Crippen LogP contribution in [0.5, 0.6) is 11.5 Å². The highest BCUT2D eigenvalue weighted by Gasteiger charge is 2.22. The SMILES string of the molecule is COc1ccc(C(=O)NCC(C(=O)O)c2ccc(F)cc2)c(OC(C)C)c1. The van der Waals surface area contributed by atoms with Gasteiger partial charge in [-0.05, 0) is 43.7 Å². The van der Waals surface area contributed by atoms with E-state index < -0.39 is 23.6 Å². The Labute approximate surface area is 156 Å². The summed E-state index contributed by atoms with van der Waals surface area (Å²) < 4.78 is 23.9. The highest BCUT2D eigenvalue weighted by atomic mass is 19.1. The second kappa shape index (κ2) is 9.02. The maximum atomic E-state index is 13.1. The summed E-state index contributed by atoms with van der Waals surface area (Å²) in [5.41, 5.74) is 0.672. The van der Waals surface area contributed by atoms with Crippen LogP contribution in [0, 0.1) is 5.82 Å². The number of rotatable bonds is 8. The average molecular weight is 375 g/mol. The van der Waals surface area contributed by atoms with Crippen LogP contribution >= 0.6 is 0 Å². The first-order valence-corrected chi connectivity index (χ1v) is 8.43. The van der Waals surface area contributed by atoms with Crippen molar-refractivity contribution in [2.45, 2.75) is 25.9 Å². The molecular weight excluding hydrogens is 353 g/mol. The fourth-order valence-corrected chi connectivity index (χ4v) is 2.50. The second-order valence-corrected chi connectivity index (χ2v) is 6.18. The molecule has 1 unspecified atom stereocenters. The van der Waals surface area contributed by atoms with Crippen molar-refractivity contribution in [3.63, 3.8) is 0 Å². The molecule has 0 saturated heterocycles. The molecule has 0 aliphatic heterocycles. The number of benzene rings is 2. The summed E-state index contributed by atoms with van der Waals surface area (Å²) in [6, 6.07) is 9.93. The molecule has 1 amide bonds. The molecule has 0 aromatic heterocycles. The van der Waals surface area contributed by atoms with E-state index in [1.54, 1.807) is 18.2 Å². The summed E-state index contributed by atoms with van der Waals surface area (Å²) in [7, 11) is 1.51.